The Hall–Kier alpha value is -4.10. The summed E-state index contributed by atoms with van der Waals surface area (Å²) in [5.74, 6) is 0.611. The predicted octanol–water partition coefficient (Wildman–Crippen LogP) is 5.26. The summed E-state index contributed by atoms with van der Waals surface area (Å²) in [6, 6.07) is 29.3. The van der Waals surface area contributed by atoms with Gasteiger partial charge in [-0.3, -0.25) is 4.79 Å². The minimum atomic E-state index is -0.418. The number of aromatic amines is 1. The van der Waals surface area contributed by atoms with Crippen molar-refractivity contribution in [1.82, 2.24) is 4.98 Å². The lowest BCUT2D eigenvalue weighted by atomic mass is 9.97. The number of hydrogen-bond donors (Lipinski definition) is 1. The Kier molecular flexibility index (Phi) is 4.96. The maximum absolute atomic E-state index is 12.6. The molecule has 0 saturated carbocycles. The standard InChI is InChI=1S/C25H18N2O2/c1-29-24-10-6-5-9-20(24)21-15-23(27-25(28)22(21)16-26)19-13-11-18(12-14-19)17-7-3-2-4-8-17/h2-15H,1H3,(H,27,28). The van der Waals surface area contributed by atoms with Gasteiger partial charge in [-0.1, -0.05) is 72.8 Å². The largest absolute Gasteiger partial charge is 0.496 e. The van der Waals surface area contributed by atoms with Crippen LogP contribution < -0.4 is 10.3 Å². The molecule has 1 heterocycles. The molecular formula is C25H18N2O2. The number of ether oxygens (including phenoxy) is 1. The summed E-state index contributed by atoms with van der Waals surface area (Å²) in [5, 5.41) is 9.54. The SMILES string of the molecule is COc1ccccc1-c1cc(-c2ccc(-c3ccccc3)cc2)[nH]c(=O)c1C#N. The minimum absolute atomic E-state index is 0.0687. The lowest BCUT2D eigenvalue weighted by Crippen LogP contribution is -2.12. The highest BCUT2D eigenvalue weighted by atomic mass is 16.5. The molecule has 0 aliphatic rings. The van der Waals surface area contributed by atoms with E-state index in [2.05, 4.69) is 17.1 Å². The van der Waals surface area contributed by atoms with E-state index in [0.717, 1.165) is 16.7 Å². The summed E-state index contributed by atoms with van der Waals surface area (Å²) in [6.07, 6.45) is 0. The van der Waals surface area contributed by atoms with E-state index in [1.54, 1.807) is 7.11 Å². The summed E-state index contributed by atoms with van der Waals surface area (Å²) in [6.45, 7) is 0. The van der Waals surface area contributed by atoms with E-state index >= 15 is 0 Å². The quantitative estimate of drug-likeness (QED) is 0.527. The number of nitriles is 1. The topological polar surface area (TPSA) is 65.9 Å². The Bertz CT molecular complexity index is 1250. The molecule has 0 amide bonds. The lowest BCUT2D eigenvalue weighted by molar-refractivity contribution is 0.416. The van der Waals surface area contributed by atoms with Crippen LogP contribution in [0.15, 0.2) is 89.7 Å². The number of H-pyrrole nitrogens is 1. The molecule has 140 valence electrons. The van der Waals surface area contributed by atoms with Crippen LogP contribution in [0.2, 0.25) is 0 Å². The van der Waals surface area contributed by atoms with Gasteiger partial charge in [0.2, 0.25) is 0 Å². The maximum atomic E-state index is 12.6. The van der Waals surface area contributed by atoms with Crippen LogP contribution in [0.5, 0.6) is 5.75 Å². The Morgan fingerprint density at radius 2 is 1.41 bits per heavy atom. The first-order valence-electron chi connectivity index (χ1n) is 9.18. The van der Waals surface area contributed by atoms with Gasteiger partial charge >= 0.3 is 0 Å². The number of para-hydroxylation sites is 1. The molecule has 4 aromatic rings. The summed E-state index contributed by atoms with van der Waals surface area (Å²) < 4.78 is 5.43. The van der Waals surface area contributed by atoms with Crippen LogP contribution in [0.3, 0.4) is 0 Å². The van der Waals surface area contributed by atoms with E-state index in [1.807, 2.05) is 78.9 Å². The average molecular weight is 378 g/mol. The highest BCUT2D eigenvalue weighted by molar-refractivity contribution is 5.79. The van der Waals surface area contributed by atoms with E-state index in [1.165, 1.54) is 0 Å². The zero-order valence-corrected chi connectivity index (χ0v) is 15.8. The Morgan fingerprint density at radius 1 is 0.793 bits per heavy atom. The van der Waals surface area contributed by atoms with Gasteiger partial charge in [-0.15, -0.1) is 0 Å². The van der Waals surface area contributed by atoms with Crippen LogP contribution in [-0.2, 0) is 0 Å². The number of nitrogens with one attached hydrogen (secondary N) is 1. The van der Waals surface area contributed by atoms with Crippen LogP contribution in [0.25, 0.3) is 33.5 Å². The molecule has 0 bridgehead atoms. The summed E-state index contributed by atoms with van der Waals surface area (Å²) in [5.41, 5.74) is 4.64. The van der Waals surface area contributed by atoms with E-state index in [0.29, 0.717) is 22.6 Å². The van der Waals surface area contributed by atoms with Gasteiger partial charge in [0.1, 0.15) is 17.4 Å². The second kappa shape index (κ2) is 7.87. The molecule has 0 spiro atoms. The zero-order chi connectivity index (χ0) is 20.2. The third-order valence-electron chi connectivity index (χ3n) is 4.85. The van der Waals surface area contributed by atoms with E-state index < -0.39 is 5.56 Å². The molecule has 0 saturated heterocycles. The smallest absolute Gasteiger partial charge is 0.266 e. The van der Waals surface area contributed by atoms with Gasteiger partial charge in [-0.2, -0.15) is 5.26 Å². The zero-order valence-electron chi connectivity index (χ0n) is 15.8. The van der Waals surface area contributed by atoms with E-state index in [-0.39, 0.29) is 5.56 Å². The maximum Gasteiger partial charge on any atom is 0.266 e. The Morgan fingerprint density at radius 3 is 2.10 bits per heavy atom. The number of hydrogen-bond acceptors (Lipinski definition) is 3. The Balaban J connectivity index is 1.83. The fourth-order valence-corrected chi connectivity index (χ4v) is 3.38. The van der Waals surface area contributed by atoms with Crippen molar-refractivity contribution < 1.29 is 4.74 Å². The molecule has 0 aliphatic carbocycles. The molecule has 0 aliphatic heterocycles. The third kappa shape index (κ3) is 3.54. The molecule has 0 radical (unpaired) electrons. The molecule has 0 unspecified atom stereocenters. The molecule has 0 atom stereocenters. The minimum Gasteiger partial charge on any atom is -0.496 e. The number of nitrogens with zero attached hydrogens (tertiary/aromatic N) is 1. The van der Waals surface area contributed by atoms with Gasteiger partial charge in [0.15, 0.2) is 0 Å². The van der Waals surface area contributed by atoms with Gasteiger partial charge in [-0.25, -0.2) is 0 Å². The van der Waals surface area contributed by atoms with Gasteiger partial charge in [0, 0.05) is 16.8 Å². The molecular weight excluding hydrogens is 360 g/mol. The molecule has 0 fully saturated rings. The molecule has 4 rings (SSSR count). The molecule has 29 heavy (non-hydrogen) atoms. The Labute approximate surface area is 168 Å². The predicted molar refractivity (Wildman–Crippen MR) is 115 cm³/mol. The van der Waals surface area contributed by atoms with Crippen molar-refractivity contribution in [3.05, 3.63) is 101 Å². The second-order valence-electron chi connectivity index (χ2n) is 6.56. The molecule has 4 heteroatoms. The highest BCUT2D eigenvalue weighted by Gasteiger charge is 2.15. The van der Waals surface area contributed by atoms with Gasteiger partial charge in [0.25, 0.3) is 5.56 Å². The molecule has 1 N–H and O–H groups in total. The first-order chi connectivity index (χ1) is 14.2. The summed E-state index contributed by atoms with van der Waals surface area (Å²) in [7, 11) is 1.57. The van der Waals surface area contributed by atoms with E-state index in [9.17, 15) is 10.1 Å². The molecule has 3 aromatic carbocycles. The number of pyridine rings is 1. The average Bonchev–Trinajstić information content (AvgIpc) is 2.79. The highest BCUT2D eigenvalue weighted by Crippen LogP contribution is 2.33. The van der Waals surface area contributed by atoms with Crippen molar-refractivity contribution in [2.45, 2.75) is 0 Å². The fourth-order valence-electron chi connectivity index (χ4n) is 3.38. The van der Waals surface area contributed by atoms with Gasteiger partial charge in [-0.05, 0) is 28.8 Å². The van der Waals surface area contributed by atoms with Crippen molar-refractivity contribution in [2.24, 2.45) is 0 Å². The number of aromatic nitrogens is 1. The van der Waals surface area contributed by atoms with Crippen LogP contribution in [-0.4, -0.2) is 12.1 Å². The molecule has 4 nitrogen and oxygen atoms in total. The van der Waals surface area contributed by atoms with Crippen LogP contribution in [0.1, 0.15) is 5.56 Å². The van der Waals surface area contributed by atoms with Crippen molar-refractivity contribution >= 4 is 0 Å². The first kappa shape index (κ1) is 18.3. The summed E-state index contributed by atoms with van der Waals surface area (Å²) >= 11 is 0. The van der Waals surface area contributed by atoms with E-state index in [4.69, 9.17) is 4.74 Å². The second-order valence-corrected chi connectivity index (χ2v) is 6.56. The first-order valence-corrected chi connectivity index (χ1v) is 9.18. The third-order valence-corrected chi connectivity index (χ3v) is 4.85. The van der Waals surface area contributed by atoms with Crippen molar-refractivity contribution in [2.75, 3.05) is 7.11 Å². The fraction of sp³-hybridized carbons (Fsp3) is 0.0400. The van der Waals surface area contributed by atoms with Crippen molar-refractivity contribution in [3.63, 3.8) is 0 Å². The number of rotatable bonds is 4. The van der Waals surface area contributed by atoms with Crippen LogP contribution >= 0.6 is 0 Å². The van der Waals surface area contributed by atoms with Crippen LogP contribution in [0, 0.1) is 11.3 Å². The molecule has 1 aromatic heterocycles. The van der Waals surface area contributed by atoms with Gasteiger partial charge < -0.3 is 9.72 Å². The monoisotopic (exact) mass is 378 g/mol. The van der Waals surface area contributed by atoms with Crippen LogP contribution in [0.4, 0.5) is 0 Å². The summed E-state index contributed by atoms with van der Waals surface area (Å²) in [4.78, 5) is 15.4. The normalized spacial score (nSPS) is 10.3. The van der Waals surface area contributed by atoms with Crippen molar-refractivity contribution in [1.29, 1.82) is 5.26 Å². The number of methoxy groups -OCH3 is 1. The van der Waals surface area contributed by atoms with Gasteiger partial charge in [0.05, 0.1) is 7.11 Å². The lowest BCUT2D eigenvalue weighted by Gasteiger charge is -2.12. The van der Waals surface area contributed by atoms with Crippen molar-refractivity contribution in [3.8, 4) is 45.3 Å². The number of benzene rings is 3.